The quantitative estimate of drug-likeness (QED) is 0.822. The maximum Gasteiger partial charge on any atom is 0.328 e. The summed E-state index contributed by atoms with van der Waals surface area (Å²) in [6.07, 6.45) is 2.38. The molecule has 1 fully saturated rings. The molecule has 1 aliphatic rings. The second kappa shape index (κ2) is 6.48. The molecule has 0 aliphatic heterocycles. The van der Waals surface area contributed by atoms with Crippen molar-refractivity contribution in [3.8, 4) is 0 Å². The minimum absolute atomic E-state index is 0.153. The number of hydrogen-bond acceptors (Lipinski definition) is 3. The van der Waals surface area contributed by atoms with Crippen LogP contribution >= 0.6 is 11.6 Å². The lowest BCUT2D eigenvalue weighted by Gasteiger charge is -2.15. The number of hydrogen-bond donors (Lipinski definition) is 1. The number of rotatable bonds is 6. The first-order chi connectivity index (χ1) is 9.88. The molecule has 2 rings (SSSR count). The number of amides is 1. The number of carbonyl (C=O) groups excluding carboxylic acids is 2. The van der Waals surface area contributed by atoms with E-state index < -0.39 is 6.04 Å². The van der Waals surface area contributed by atoms with Crippen LogP contribution in [0, 0.1) is 5.41 Å². The molecule has 0 unspecified atom stereocenters. The van der Waals surface area contributed by atoms with Crippen LogP contribution in [0.1, 0.15) is 32.3 Å². The van der Waals surface area contributed by atoms with Gasteiger partial charge in [-0.25, -0.2) is 4.79 Å². The molecule has 114 valence electrons. The molecule has 1 amide bonds. The summed E-state index contributed by atoms with van der Waals surface area (Å²) in [6.45, 7) is 4.15. The highest BCUT2D eigenvalue weighted by atomic mass is 35.5. The summed E-state index contributed by atoms with van der Waals surface area (Å²) in [7, 11) is 0. The van der Waals surface area contributed by atoms with Crippen molar-refractivity contribution in [3.05, 3.63) is 34.9 Å². The molecule has 4 nitrogen and oxygen atoms in total. The van der Waals surface area contributed by atoms with Gasteiger partial charge in [-0.1, -0.05) is 30.7 Å². The molecule has 1 aromatic carbocycles. The Morgan fingerprint density at radius 3 is 2.76 bits per heavy atom. The molecule has 0 saturated heterocycles. The maximum absolute atomic E-state index is 11.9. The van der Waals surface area contributed by atoms with Crippen molar-refractivity contribution in [1.29, 1.82) is 0 Å². The average Bonchev–Trinajstić information content (AvgIpc) is 3.14. The fourth-order valence-corrected chi connectivity index (χ4v) is 2.12. The second-order valence-electron chi connectivity index (χ2n) is 6.01. The third-order valence-corrected chi connectivity index (χ3v) is 3.89. The Morgan fingerprint density at radius 1 is 1.43 bits per heavy atom. The van der Waals surface area contributed by atoms with E-state index in [1.54, 1.807) is 25.1 Å². The molecule has 5 heteroatoms. The standard InChI is InChI=1S/C16H20ClNO3/c1-11(15(20)21-10-16(2)6-7-16)18-14(19)9-12-4-3-5-13(17)8-12/h3-5,8,11H,6-7,9-10H2,1-2H3,(H,18,19)/t11-/m0/s1. The van der Waals surface area contributed by atoms with Crippen LogP contribution in [0.15, 0.2) is 24.3 Å². The first-order valence-corrected chi connectivity index (χ1v) is 7.46. The van der Waals surface area contributed by atoms with E-state index in [0.717, 1.165) is 18.4 Å². The maximum atomic E-state index is 11.9. The van der Waals surface area contributed by atoms with Crippen molar-refractivity contribution in [2.24, 2.45) is 5.41 Å². The van der Waals surface area contributed by atoms with Crippen LogP contribution in [-0.4, -0.2) is 24.5 Å². The van der Waals surface area contributed by atoms with E-state index in [-0.39, 0.29) is 23.7 Å². The second-order valence-corrected chi connectivity index (χ2v) is 6.45. The summed E-state index contributed by atoms with van der Waals surface area (Å²) in [5, 5.41) is 3.24. The van der Waals surface area contributed by atoms with Crippen molar-refractivity contribution in [2.75, 3.05) is 6.61 Å². The largest absolute Gasteiger partial charge is 0.464 e. The van der Waals surface area contributed by atoms with E-state index in [0.29, 0.717) is 11.6 Å². The van der Waals surface area contributed by atoms with Gasteiger partial charge >= 0.3 is 5.97 Å². The Morgan fingerprint density at radius 2 is 2.14 bits per heavy atom. The molecule has 0 bridgehead atoms. The summed E-state index contributed by atoms with van der Waals surface area (Å²) >= 11 is 5.87. The van der Waals surface area contributed by atoms with Crippen molar-refractivity contribution >= 4 is 23.5 Å². The van der Waals surface area contributed by atoms with Crippen LogP contribution in [-0.2, 0) is 20.7 Å². The average molecular weight is 310 g/mol. The van der Waals surface area contributed by atoms with Crippen LogP contribution in [0.4, 0.5) is 0 Å². The van der Waals surface area contributed by atoms with E-state index in [1.807, 2.05) is 6.07 Å². The molecular weight excluding hydrogens is 290 g/mol. The normalized spacial score (nSPS) is 16.9. The predicted octanol–water partition coefficient (Wildman–Crippen LogP) is 2.73. The smallest absolute Gasteiger partial charge is 0.328 e. The van der Waals surface area contributed by atoms with Gasteiger partial charge in [-0.15, -0.1) is 0 Å². The van der Waals surface area contributed by atoms with E-state index in [2.05, 4.69) is 12.2 Å². The first kappa shape index (κ1) is 15.8. The molecule has 1 aromatic rings. The van der Waals surface area contributed by atoms with E-state index in [4.69, 9.17) is 16.3 Å². The van der Waals surface area contributed by atoms with Gasteiger partial charge in [-0.05, 0) is 37.5 Å². The van der Waals surface area contributed by atoms with Crippen molar-refractivity contribution in [3.63, 3.8) is 0 Å². The summed E-state index contributed by atoms with van der Waals surface area (Å²) in [6, 6.07) is 6.46. The number of benzene rings is 1. The SMILES string of the molecule is C[C@H](NC(=O)Cc1cccc(Cl)c1)C(=O)OCC1(C)CC1. The Balaban J connectivity index is 1.77. The Kier molecular flexibility index (Phi) is 4.88. The zero-order valence-corrected chi connectivity index (χ0v) is 13.1. The van der Waals surface area contributed by atoms with Gasteiger partial charge in [0.15, 0.2) is 0 Å². The number of halogens is 1. The Hall–Kier alpha value is -1.55. The minimum Gasteiger partial charge on any atom is -0.464 e. The van der Waals surface area contributed by atoms with E-state index in [9.17, 15) is 9.59 Å². The fraction of sp³-hybridized carbons (Fsp3) is 0.500. The highest BCUT2D eigenvalue weighted by molar-refractivity contribution is 6.30. The zero-order valence-electron chi connectivity index (χ0n) is 12.3. The third-order valence-electron chi connectivity index (χ3n) is 3.65. The van der Waals surface area contributed by atoms with E-state index >= 15 is 0 Å². The summed E-state index contributed by atoms with van der Waals surface area (Å²) in [5.41, 5.74) is 0.964. The number of carbonyl (C=O) groups is 2. The lowest BCUT2D eigenvalue weighted by atomic mass is 10.1. The zero-order chi connectivity index (χ0) is 15.5. The monoisotopic (exact) mass is 309 g/mol. The molecule has 1 aliphatic carbocycles. The van der Waals surface area contributed by atoms with Crippen LogP contribution in [0.25, 0.3) is 0 Å². The van der Waals surface area contributed by atoms with E-state index in [1.165, 1.54) is 0 Å². The minimum atomic E-state index is -0.640. The molecule has 0 aromatic heterocycles. The first-order valence-electron chi connectivity index (χ1n) is 7.08. The van der Waals surface area contributed by atoms with Gasteiger partial charge < -0.3 is 10.1 Å². The van der Waals surface area contributed by atoms with Crippen LogP contribution in [0.3, 0.4) is 0 Å². The fourth-order valence-electron chi connectivity index (χ4n) is 1.91. The highest BCUT2D eigenvalue weighted by Gasteiger charge is 2.39. The number of ether oxygens (including phenoxy) is 1. The molecule has 21 heavy (non-hydrogen) atoms. The molecule has 0 heterocycles. The van der Waals surface area contributed by atoms with Gasteiger partial charge in [0.05, 0.1) is 13.0 Å². The van der Waals surface area contributed by atoms with Gasteiger partial charge in [-0.3, -0.25) is 4.79 Å². The molecule has 0 spiro atoms. The van der Waals surface area contributed by atoms with Gasteiger partial charge in [0.25, 0.3) is 0 Å². The Bertz CT molecular complexity index is 540. The van der Waals surface area contributed by atoms with Crippen molar-refractivity contribution in [1.82, 2.24) is 5.32 Å². The Labute approximate surface area is 129 Å². The summed E-state index contributed by atoms with van der Waals surface area (Å²) < 4.78 is 5.23. The van der Waals surface area contributed by atoms with Gasteiger partial charge in [0.2, 0.25) is 5.91 Å². The molecule has 0 radical (unpaired) electrons. The van der Waals surface area contributed by atoms with Crippen LogP contribution < -0.4 is 5.32 Å². The van der Waals surface area contributed by atoms with Crippen molar-refractivity contribution in [2.45, 2.75) is 39.2 Å². The van der Waals surface area contributed by atoms with Crippen LogP contribution in [0.5, 0.6) is 0 Å². The molecule has 1 saturated carbocycles. The number of nitrogens with one attached hydrogen (secondary N) is 1. The predicted molar refractivity (Wildman–Crippen MR) is 81.1 cm³/mol. The van der Waals surface area contributed by atoms with Gasteiger partial charge in [0.1, 0.15) is 6.04 Å². The topological polar surface area (TPSA) is 55.4 Å². The highest BCUT2D eigenvalue weighted by Crippen LogP contribution is 2.44. The molecule has 1 N–H and O–H groups in total. The van der Waals surface area contributed by atoms with Crippen LogP contribution in [0.2, 0.25) is 5.02 Å². The van der Waals surface area contributed by atoms with Crippen molar-refractivity contribution < 1.29 is 14.3 Å². The summed E-state index contributed by atoms with van der Waals surface area (Å²) in [4.78, 5) is 23.7. The molecule has 1 atom stereocenters. The van der Waals surface area contributed by atoms with Gasteiger partial charge in [-0.2, -0.15) is 0 Å². The molecular formula is C16H20ClNO3. The van der Waals surface area contributed by atoms with Gasteiger partial charge in [0, 0.05) is 10.4 Å². The lowest BCUT2D eigenvalue weighted by Crippen LogP contribution is -2.40. The third kappa shape index (κ3) is 5.05. The number of esters is 1. The summed E-state index contributed by atoms with van der Waals surface area (Å²) in [5.74, 6) is -0.609. The lowest BCUT2D eigenvalue weighted by molar-refractivity contribution is -0.148.